The van der Waals surface area contributed by atoms with Gasteiger partial charge in [0.1, 0.15) is 0 Å². The Balaban J connectivity index is 1.32. The molecule has 10 rings (SSSR count). The maximum Gasteiger partial charge on any atom is 0.0546 e. The van der Waals surface area contributed by atoms with E-state index in [-0.39, 0.29) is 0 Å². The molecule has 0 amide bonds. The fraction of sp³-hybridized carbons (Fsp3) is 0. The van der Waals surface area contributed by atoms with Crippen molar-refractivity contribution in [1.82, 2.24) is 0 Å². The molecule has 0 aromatic heterocycles. The fourth-order valence-corrected chi connectivity index (χ4v) is 8.36. The van der Waals surface area contributed by atoms with Crippen LogP contribution in [-0.4, -0.2) is 0 Å². The molecular weight excluding hydrogens is 663 g/mol. The summed E-state index contributed by atoms with van der Waals surface area (Å²) in [4.78, 5) is 2.51. The van der Waals surface area contributed by atoms with Gasteiger partial charge in [-0.25, -0.2) is 0 Å². The van der Waals surface area contributed by atoms with Crippen LogP contribution in [0.1, 0.15) is 0 Å². The monoisotopic (exact) mass is 699 g/mol. The van der Waals surface area contributed by atoms with Crippen LogP contribution in [0, 0.1) is 0 Å². The molecule has 10 aromatic carbocycles. The predicted octanol–water partition coefficient (Wildman–Crippen LogP) is 15.3. The van der Waals surface area contributed by atoms with Crippen LogP contribution in [0.4, 0.5) is 17.1 Å². The highest BCUT2D eigenvalue weighted by molar-refractivity contribution is 6.15. The third-order valence-electron chi connectivity index (χ3n) is 10.8. The van der Waals surface area contributed by atoms with E-state index < -0.39 is 0 Å². The van der Waals surface area contributed by atoms with E-state index in [1.54, 1.807) is 0 Å². The maximum atomic E-state index is 2.51. The quantitative estimate of drug-likeness (QED) is 0.150. The Kier molecular flexibility index (Phi) is 8.24. The molecule has 258 valence electrons. The van der Waals surface area contributed by atoms with Crippen LogP contribution in [0.3, 0.4) is 0 Å². The smallest absolute Gasteiger partial charge is 0.0546 e. The average molecular weight is 700 g/mol. The average Bonchev–Trinajstić information content (AvgIpc) is 3.27. The molecule has 0 aliphatic heterocycles. The van der Waals surface area contributed by atoms with Gasteiger partial charge in [0, 0.05) is 16.6 Å². The van der Waals surface area contributed by atoms with Gasteiger partial charge in [-0.3, -0.25) is 0 Å². The van der Waals surface area contributed by atoms with Crippen molar-refractivity contribution in [2.24, 2.45) is 0 Å². The molecule has 0 fully saturated rings. The van der Waals surface area contributed by atoms with Crippen molar-refractivity contribution < 1.29 is 0 Å². The van der Waals surface area contributed by atoms with Crippen LogP contribution in [0.15, 0.2) is 224 Å². The lowest BCUT2D eigenvalue weighted by atomic mass is 9.87. The van der Waals surface area contributed by atoms with Crippen LogP contribution in [0.25, 0.3) is 76.8 Å². The van der Waals surface area contributed by atoms with Gasteiger partial charge < -0.3 is 4.90 Å². The second-order valence-corrected chi connectivity index (χ2v) is 14.1. The molecule has 0 N–H and O–H groups in total. The lowest BCUT2D eigenvalue weighted by Gasteiger charge is -2.31. The maximum absolute atomic E-state index is 2.51. The SMILES string of the molecule is c1ccc(-c2ccccc2-c2c(-c3ccccc3)cccc2N(c2cccc(-c3cccc4ccccc34)c2)c2cc3ccccc3c3ccccc23)cc1. The van der Waals surface area contributed by atoms with Gasteiger partial charge in [-0.05, 0) is 90.1 Å². The van der Waals surface area contributed by atoms with E-state index in [1.165, 1.54) is 76.8 Å². The third-order valence-corrected chi connectivity index (χ3v) is 10.8. The topological polar surface area (TPSA) is 3.24 Å². The summed E-state index contributed by atoms with van der Waals surface area (Å²) in [5.41, 5.74) is 12.8. The van der Waals surface area contributed by atoms with Gasteiger partial charge in [0.15, 0.2) is 0 Å². The molecule has 1 heteroatoms. The fourth-order valence-electron chi connectivity index (χ4n) is 8.36. The predicted molar refractivity (Wildman–Crippen MR) is 235 cm³/mol. The highest BCUT2D eigenvalue weighted by Crippen LogP contribution is 2.50. The first-order chi connectivity index (χ1) is 27.3. The second-order valence-electron chi connectivity index (χ2n) is 14.1. The van der Waals surface area contributed by atoms with Crippen LogP contribution in [-0.2, 0) is 0 Å². The summed E-state index contributed by atoms with van der Waals surface area (Å²) in [6.45, 7) is 0. The molecule has 0 unspecified atom stereocenters. The van der Waals surface area contributed by atoms with Gasteiger partial charge in [-0.1, -0.05) is 200 Å². The van der Waals surface area contributed by atoms with Crippen molar-refractivity contribution in [1.29, 1.82) is 0 Å². The van der Waals surface area contributed by atoms with Crippen molar-refractivity contribution >= 4 is 49.4 Å². The Labute approximate surface area is 322 Å². The van der Waals surface area contributed by atoms with Gasteiger partial charge in [0.2, 0.25) is 0 Å². The van der Waals surface area contributed by atoms with Gasteiger partial charge in [0.05, 0.1) is 11.4 Å². The van der Waals surface area contributed by atoms with Crippen LogP contribution in [0.5, 0.6) is 0 Å². The molecule has 10 aromatic rings. The van der Waals surface area contributed by atoms with Crippen molar-refractivity contribution in [3.8, 4) is 44.5 Å². The van der Waals surface area contributed by atoms with E-state index in [0.717, 1.165) is 17.1 Å². The van der Waals surface area contributed by atoms with Gasteiger partial charge in [-0.15, -0.1) is 0 Å². The molecular formula is C54H37N. The van der Waals surface area contributed by atoms with E-state index in [9.17, 15) is 0 Å². The molecule has 0 aliphatic rings. The molecule has 0 saturated heterocycles. The standard InChI is InChI=1S/C54H37N/c1-3-18-38(19-4-1)45-28-11-14-32-51(45)54-48(40-20-5-2-6-21-40)34-17-35-52(54)55(53-37-42-23-8-10-29-47(42)49-30-12-13-31-50(49)53)43-26-15-25-41(36-43)46-33-16-24-39-22-7-9-27-44(39)46/h1-37H. The van der Waals surface area contributed by atoms with Crippen molar-refractivity contribution in [2.45, 2.75) is 0 Å². The van der Waals surface area contributed by atoms with Crippen molar-refractivity contribution in [2.75, 3.05) is 4.90 Å². The number of anilines is 3. The van der Waals surface area contributed by atoms with E-state index in [2.05, 4.69) is 229 Å². The molecule has 0 saturated carbocycles. The normalized spacial score (nSPS) is 11.3. The second kappa shape index (κ2) is 14.0. The zero-order valence-corrected chi connectivity index (χ0v) is 30.3. The first-order valence-electron chi connectivity index (χ1n) is 18.9. The summed E-state index contributed by atoms with van der Waals surface area (Å²) in [5.74, 6) is 0. The third kappa shape index (κ3) is 5.84. The van der Waals surface area contributed by atoms with E-state index in [4.69, 9.17) is 0 Å². The minimum Gasteiger partial charge on any atom is -0.309 e. The van der Waals surface area contributed by atoms with E-state index in [1.807, 2.05) is 0 Å². The minimum atomic E-state index is 1.09. The molecule has 0 radical (unpaired) electrons. The molecule has 55 heavy (non-hydrogen) atoms. The summed E-state index contributed by atoms with van der Waals surface area (Å²) in [7, 11) is 0. The van der Waals surface area contributed by atoms with Gasteiger partial charge >= 0.3 is 0 Å². The lowest BCUT2D eigenvalue weighted by molar-refractivity contribution is 1.30. The Morgan fingerprint density at radius 2 is 0.764 bits per heavy atom. The number of rotatable bonds is 7. The van der Waals surface area contributed by atoms with Crippen LogP contribution < -0.4 is 4.90 Å². The minimum absolute atomic E-state index is 1.09. The summed E-state index contributed by atoms with van der Waals surface area (Å²) in [6.07, 6.45) is 0. The molecule has 0 spiro atoms. The Hall–Kier alpha value is -7.22. The molecule has 1 nitrogen and oxygen atoms in total. The van der Waals surface area contributed by atoms with Crippen LogP contribution >= 0.6 is 0 Å². The molecule has 0 bridgehead atoms. The Morgan fingerprint density at radius 1 is 0.255 bits per heavy atom. The number of fused-ring (bicyclic) bond motifs is 4. The summed E-state index contributed by atoms with van der Waals surface area (Å²) < 4.78 is 0. The first-order valence-corrected chi connectivity index (χ1v) is 18.9. The van der Waals surface area contributed by atoms with Crippen molar-refractivity contribution in [3.63, 3.8) is 0 Å². The number of nitrogens with zero attached hydrogens (tertiary/aromatic N) is 1. The van der Waals surface area contributed by atoms with Gasteiger partial charge in [-0.2, -0.15) is 0 Å². The zero-order valence-electron chi connectivity index (χ0n) is 30.3. The van der Waals surface area contributed by atoms with Crippen LogP contribution in [0.2, 0.25) is 0 Å². The summed E-state index contributed by atoms with van der Waals surface area (Å²) in [5, 5.41) is 7.36. The Morgan fingerprint density at radius 3 is 1.55 bits per heavy atom. The summed E-state index contributed by atoms with van der Waals surface area (Å²) >= 11 is 0. The van der Waals surface area contributed by atoms with E-state index >= 15 is 0 Å². The van der Waals surface area contributed by atoms with Gasteiger partial charge in [0.25, 0.3) is 0 Å². The number of hydrogen-bond donors (Lipinski definition) is 0. The van der Waals surface area contributed by atoms with E-state index in [0.29, 0.717) is 0 Å². The highest BCUT2D eigenvalue weighted by Gasteiger charge is 2.25. The molecule has 0 atom stereocenters. The summed E-state index contributed by atoms with van der Waals surface area (Å²) in [6, 6.07) is 81.6. The zero-order chi connectivity index (χ0) is 36.6. The number of benzene rings is 10. The lowest BCUT2D eigenvalue weighted by Crippen LogP contribution is -2.13. The largest absolute Gasteiger partial charge is 0.309 e. The Bertz CT molecular complexity index is 2980. The molecule has 0 heterocycles. The highest BCUT2D eigenvalue weighted by atomic mass is 15.1. The van der Waals surface area contributed by atoms with Crippen molar-refractivity contribution in [3.05, 3.63) is 224 Å². The molecule has 0 aliphatic carbocycles. The first kappa shape index (κ1) is 32.4. The number of hydrogen-bond acceptors (Lipinski definition) is 1.